The smallest absolute Gasteiger partial charge is 0.263 e. The van der Waals surface area contributed by atoms with Crippen LogP contribution in [0, 0.1) is 12.7 Å². The predicted octanol–water partition coefficient (Wildman–Crippen LogP) is 2.08. The summed E-state index contributed by atoms with van der Waals surface area (Å²) < 4.78 is 24.1. The average molecular weight is 441 g/mol. The lowest BCUT2D eigenvalue weighted by molar-refractivity contribution is -0.123. The van der Waals surface area contributed by atoms with Crippen molar-refractivity contribution in [1.29, 1.82) is 0 Å². The molecule has 2 aliphatic heterocycles. The number of aryl methyl sites for hydroxylation is 1. The number of halogens is 1. The minimum Gasteiger partial charge on any atom is -0.493 e. The van der Waals surface area contributed by atoms with Crippen LogP contribution in [0.15, 0.2) is 46.7 Å². The predicted molar refractivity (Wildman–Crippen MR) is 111 cm³/mol. The molecule has 3 amide bonds. The second-order valence-corrected chi connectivity index (χ2v) is 7.26. The molecule has 166 valence electrons. The average Bonchev–Trinajstić information content (AvgIpc) is 3.29. The number of carbonyl (C=O) groups is 3. The maximum Gasteiger partial charge on any atom is 0.263 e. The normalized spacial score (nSPS) is 19.4. The van der Waals surface area contributed by atoms with E-state index in [0.29, 0.717) is 22.7 Å². The number of benzene rings is 2. The Morgan fingerprint density at radius 3 is 2.53 bits per heavy atom. The maximum absolute atomic E-state index is 13.7. The van der Waals surface area contributed by atoms with Gasteiger partial charge in [-0.2, -0.15) is 5.11 Å². The van der Waals surface area contributed by atoms with E-state index in [1.165, 1.54) is 32.4 Å². The molecule has 0 radical (unpaired) electrons. The van der Waals surface area contributed by atoms with Gasteiger partial charge in [-0.3, -0.25) is 19.4 Å². The molecule has 0 spiro atoms. The van der Waals surface area contributed by atoms with Crippen LogP contribution in [0.1, 0.15) is 5.56 Å². The molecule has 10 nitrogen and oxygen atoms in total. The number of hydrogen-bond acceptors (Lipinski definition) is 8. The summed E-state index contributed by atoms with van der Waals surface area (Å²) >= 11 is 0. The van der Waals surface area contributed by atoms with Gasteiger partial charge in [-0.1, -0.05) is 11.3 Å². The number of anilines is 2. The quantitative estimate of drug-likeness (QED) is 0.687. The molecule has 0 aliphatic carbocycles. The van der Waals surface area contributed by atoms with Crippen molar-refractivity contribution in [2.75, 3.05) is 31.0 Å². The fourth-order valence-electron chi connectivity index (χ4n) is 3.59. The summed E-state index contributed by atoms with van der Waals surface area (Å²) in [6, 6.07) is 6.84. The molecule has 11 heteroatoms. The van der Waals surface area contributed by atoms with E-state index in [2.05, 4.69) is 15.7 Å². The summed E-state index contributed by atoms with van der Waals surface area (Å²) in [5.41, 5.74) is 1.01. The molecule has 2 aliphatic rings. The van der Waals surface area contributed by atoms with Crippen molar-refractivity contribution in [2.24, 2.45) is 10.3 Å². The first kappa shape index (κ1) is 21.2. The molecule has 2 aromatic carbocycles. The van der Waals surface area contributed by atoms with Crippen molar-refractivity contribution in [1.82, 2.24) is 5.01 Å². The Bertz CT molecular complexity index is 1140. The molecule has 2 heterocycles. The van der Waals surface area contributed by atoms with Crippen molar-refractivity contribution in [2.45, 2.75) is 19.0 Å². The van der Waals surface area contributed by atoms with Gasteiger partial charge in [0.25, 0.3) is 11.8 Å². The van der Waals surface area contributed by atoms with E-state index in [1.54, 1.807) is 25.1 Å². The molecule has 4 rings (SSSR count). The molecule has 0 unspecified atom stereocenters. The lowest BCUT2D eigenvalue weighted by Gasteiger charge is -2.20. The highest BCUT2D eigenvalue weighted by molar-refractivity contribution is 6.25. The first-order chi connectivity index (χ1) is 15.3. The highest BCUT2D eigenvalue weighted by Crippen LogP contribution is 2.36. The van der Waals surface area contributed by atoms with Crippen LogP contribution in [-0.2, 0) is 14.4 Å². The Kier molecular flexibility index (Phi) is 5.47. The lowest BCUT2D eigenvalue weighted by Crippen LogP contribution is -2.43. The third-order valence-electron chi connectivity index (χ3n) is 5.24. The SMILES string of the molecule is COc1ccc(N2C(=O)[C@@H]3[C@@H](N=NN3CC(=O)Nc3ccc(C)c(F)c3)C2=O)cc1OC. The minimum atomic E-state index is -1.06. The highest BCUT2D eigenvalue weighted by atomic mass is 19.1. The van der Waals surface area contributed by atoms with Crippen molar-refractivity contribution >= 4 is 29.1 Å². The van der Waals surface area contributed by atoms with Crippen LogP contribution in [0.3, 0.4) is 0 Å². The largest absolute Gasteiger partial charge is 0.493 e. The van der Waals surface area contributed by atoms with E-state index >= 15 is 0 Å². The number of amides is 3. The fraction of sp³-hybridized carbons (Fsp3) is 0.286. The topological polar surface area (TPSA) is 113 Å². The second-order valence-electron chi connectivity index (χ2n) is 7.26. The summed E-state index contributed by atoms with van der Waals surface area (Å²) in [6.07, 6.45) is 0. The van der Waals surface area contributed by atoms with Crippen molar-refractivity contribution in [3.8, 4) is 11.5 Å². The number of carbonyl (C=O) groups excluding carboxylic acids is 3. The molecule has 2 atom stereocenters. The van der Waals surface area contributed by atoms with Crippen LogP contribution in [0.2, 0.25) is 0 Å². The van der Waals surface area contributed by atoms with Gasteiger partial charge in [0.2, 0.25) is 5.91 Å². The molecule has 32 heavy (non-hydrogen) atoms. The summed E-state index contributed by atoms with van der Waals surface area (Å²) in [5, 5.41) is 11.4. The van der Waals surface area contributed by atoms with Gasteiger partial charge in [-0.25, -0.2) is 9.29 Å². The minimum absolute atomic E-state index is 0.270. The summed E-state index contributed by atoms with van der Waals surface area (Å²) in [4.78, 5) is 39.4. The zero-order chi connectivity index (χ0) is 23.0. The number of imide groups is 1. The number of nitrogens with one attached hydrogen (secondary N) is 1. The van der Waals surface area contributed by atoms with Gasteiger partial charge in [-0.15, -0.1) is 0 Å². The van der Waals surface area contributed by atoms with Crippen LogP contribution in [0.25, 0.3) is 0 Å². The van der Waals surface area contributed by atoms with Crippen LogP contribution in [-0.4, -0.2) is 55.6 Å². The van der Waals surface area contributed by atoms with Crippen LogP contribution in [0.4, 0.5) is 15.8 Å². The lowest BCUT2D eigenvalue weighted by atomic mass is 10.1. The van der Waals surface area contributed by atoms with Crippen molar-refractivity contribution < 1.29 is 28.2 Å². The maximum atomic E-state index is 13.7. The summed E-state index contributed by atoms with van der Waals surface area (Å²) in [6.45, 7) is 1.28. The van der Waals surface area contributed by atoms with E-state index in [1.807, 2.05) is 0 Å². The van der Waals surface area contributed by atoms with E-state index in [4.69, 9.17) is 9.47 Å². The van der Waals surface area contributed by atoms with Gasteiger partial charge in [0, 0.05) is 11.8 Å². The Hall–Kier alpha value is -4.02. The number of methoxy groups -OCH3 is 2. The molecule has 0 aromatic heterocycles. The van der Waals surface area contributed by atoms with Gasteiger partial charge in [0.1, 0.15) is 12.4 Å². The molecule has 0 bridgehead atoms. The Labute approximate surface area is 182 Å². The third kappa shape index (κ3) is 3.61. The fourth-order valence-corrected chi connectivity index (χ4v) is 3.59. The van der Waals surface area contributed by atoms with E-state index in [-0.39, 0.29) is 12.2 Å². The van der Waals surface area contributed by atoms with Gasteiger partial charge in [0.05, 0.1) is 19.9 Å². The number of ether oxygens (including phenoxy) is 2. The van der Waals surface area contributed by atoms with Gasteiger partial charge in [-0.05, 0) is 36.8 Å². The number of fused-ring (bicyclic) bond motifs is 1. The van der Waals surface area contributed by atoms with Crippen molar-refractivity contribution in [3.05, 3.63) is 47.8 Å². The van der Waals surface area contributed by atoms with Gasteiger partial charge in [0.15, 0.2) is 23.6 Å². The molecular formula is C21H20FN5O5. The first-order valence-corrected chi connectivity index (χ1v) is 9.67. The van der Waals surface area contributed by atoms with Crippen LogP contribution < -0.4 is 19.7 Å². The van der Waals surface area contributed by atoms with Crippen LogP contribution in [0.5, 0.6) is 11.5 Å². The number of rotatable bonds is 6. The standard InChI is InChI=1S/C21H20FN5O5/c1-11-4-5-12(8-14(11)22)23-17(28)10-26-19-18(24-25-26)20(29)27(21(19)30)13-6-7-15(31-2)16(9-13)32-3/h4-9,18-19H,10H2,1-3H3,(H,23,28)/t18-,19+/m1/s1. The van der Waals surface area contributed by atoms with Crippen molar-refractivity contribution in [3.63, 3.8) is 0 Å². The van der Waals surface area contributed by atoms with E-state index < -0.39 is 35.6 Å². The Morgan fingerprint density at radius 2 is 1.84 bits per heavy atom. The molecule has 1 N–H and O–H groups in total. The number of hydrogen-bond donors (Lipinski definition) is 1. The summed E-state index contributed by atoms with van der Waals surface area (Å²) in [7, 11) is 2.92. The Morgan fingerprint density at radius 1 is 1.09 bits per heavy atom. The highest BCUT2D eigenvalue weighted by Gasteiger charge is 2.55. The van der Waals surface area contributed by atoms with Crippen LogP contribution >= 0.6 is 0 Å². The molecule has 1 fully saturated rings. The third-order valence-corrected chi connectivity index (χ3v) is 5.24. The summed E-state index contributed by atoms with van der Waals surface area (Å²) in [5.74, 6) is -1.30. The molecule has 0 saturated carbocycles. The molecule has 2 aromatic rings. The molecule has 1 saturated heterocycles. The zero-order valence-corrected chi connectivity index (χ0v) is 17.5. The van der Waals surface area contributed by atoms with Gasteiger partial charge < -0.3 is 14.8 Å². The van der Waals surface area contributed by atoms with E-state index in [9.17, 15) is 18.8 Å². The zero-order valence-electron chi connectivity index (χ0n) is 17.5. The first-order valence-electron chi connectivity index (χ1n) is 9.67. The number of nitrogens with zero attached hydrogens (tertiary/aromatic N) is 4. The van der Waals surface area contributed by atoms with E-state index in [0.717, 1.165) is 9.91 Å². The monoisotopic (exact) mass is 441 g/mol. The molecular weight excluding hydrogens is 421 g/mol. The Balaban J connectivity index is 1.50. The second kappa shape index (κ2) is 8.25. The van der Waals surface area contributed by atoms with Gasteiger partial charge >= 0.3 is 0 Å².